The molecule has 0 saturated carbocycles. The maximum atomic E-state index is 14.3. The summed E-state index contributed by atoms with van der Waals surface area (Å²) in [6.07, 6.45) is 0.267. The number of hydrogen-bond acceptors (Lipinski definition) is 5. The fourth-order valence-corrected chi connectivity index (χ4v) is 6.36. The normalized spacial score (nSPS) is 14.9. The van der Waals surface area contributed by atoms with E-state index in [0.717, 1.165) is 23.3 Å². The average Bonchev–Trinajstić information content (AvgIpc) is 2.86. The lowest BCUT2D eigenvalue weighted by Gasteiger charge is -2.44. The highest BCUT2D eigenvalue weighted by Gasteiger charge is 2.36. The topological polar surface area (TPSA) is 122 Å². The molecule has 4 rings (SSSR count). The highest BCUT2D eigenvalue weighted by atomic mass is 32.2. The maximum absolute atomic E-state index is 14.3. The van der Waals surface area contributed by atoms with Gasteiger partial charge in [-0.25, -0.2) is 12.8 Å². The van der Waals surface area contributed by atoms with Gasteiger partial charge in [-0.15, -0.1) is 0 Å². The van der Waals surface area contributed by atoms with Crippen LogP contribution in [0.2, 0.25) is 0 Å². The largest absolute Gasteiger partial charge is 0.368 e. The van der Waals surface area contributed by atoms with E-state index in [1.54, 1.807) is 6.92 Å². The molecule has 0 radical (unpaired) electrons. The average molecular weight is 567 g/mol. The molecule has 40 heavy (non-hydrogen) atoms. The third-order valence-electron chi connectivity index (χ3n) is 7.08. The van der Waals surface area contributed by atoms with Gasteiger partial charge in [0.1, 0.15) is 11.9 Å². The second kappa shape index (κ2) is 12.2. The molecular weight excluding hydrogens is 531 g/mol. The summed E-state index contributed by atoms with van der Waals surface area (Å²) >= 11 is 0. The number of nitrogens with one attached hydrogen (secondary N) is 2. The molecule has 1 unspecified atom stereocenters. The fraction of sp³-hybridized carbons (Fsp3) is 0.333. The summed E-state index contributed by atoms with van der Waals surface area (Å²) in [4.78, 5) is 26.2. The maximum Gasteiger partial charge on any atom is 0.252 e. The van der Waals surface area contributed by atoms with E-state index in [9.17, 15) is 22.4 Å². The number of carbonyl (C=O) groups is 2. The SMILES string of the molecule is CCC(NC(=O)c1cc(F)cc(NS(=O)(=O)CC2CN(C(c3ccc(C)cc3)c3ccc(C)cc3)C2)c1)C(N)=O. The molecule has 1 aliphatic heterocycles. The van der Waals surface area contributed by atoms with Crippen LogP contribution < -0.4 is 15.8 Å². The zero-order valence-corrected chi connectivity index (χ0v) is 23.7. The van der Waals surface area contributed by atoms with Gasteiger partial charge in [-0.2, -0.15) is 0 Å². The van der Waals surface area contributed by atoms with Gasteiger partial charge in [0.2, 0.25) is 15.9 Å². The molecule has 212 valence electrons. The number of halogens is 1. The van der Waals surface area contributed by atoms with Crippen LogP contribution in [-0.2, 0) is 14.8 Å². The first kappa shape index (κ1) is 29.2. The lowest BCUT2D eigenvalue weighted by molar-refractivity contribution is -0.119. The molecule has 0 aromatic heterocycles. The van der Waals surface area contributed by atoms with Crippen molar-refractivity contribution in [3.05, 3.63) is 100 Å². The van der Waals surface area contributed by atoms with Gasteiger partial charge in [0.05, 0.1) is 17.5 Å². The summed E-state index contributed by atoms with van der Waals surface area (Å²) in [5.41, 5.74) is 9.70. The smallest absolute Gasteiger partial charge is 0.252 e. The van der Waals surface area contributed by atoms with E-state index in [2.05, 4.69) is 63.5 Å². The van der Waals surface area contributed by atoms with Crippen molar-refractivity contribution in [3.8, 4) is 0 Å². The minimum atomic E-state index is -3.83. The van der Waals surface area contributed by atoms with E-state index in [4.69, 9.17) is 5.73 Å². The summed E-state index contributed by atoms with van der Waals surface area (Å²) < 4.78 is 42.7. The van der Waals surface area contributed by atoms with Crippen LogP contribution >= 0.6 is 0 Å². The Morgan fingerprint density at radius 1 is 0.975 bits per heavy atom. The van der Waals surface area contributed by atoms with Gasteiger partial charge < -0.3 is 11.1 Å². The molecule has 3 aromatic rings. The van der Waals surface area contributed by atoms with Crippen LogP contribution in [-0.4, -0.2) is 50.0 Å². The molecule has 3 aromatic carbocycles. The number of rotatable bonds is 11. The molecule has 2 amide bonds. The minimum absolute atomic E-state index is 0.00440. The Balaban J connectivity index is 1.43. The zero-order chi connectivity index (χ0) is 29.0. The van der Waals surface area contributed by atoms with Crippen LogP contribution in [0.25, 0.3) is 0 Å². The van der Waals surface area contributed by atoms with Crippen LogP contribution in [0, 0.1) is 25.6 Å². The van der Waals surface area contributed by atoms with Crippen molar-refractivity contribution in [2.45, 2.75) is 39.3 Å². The third-order valence-corrected chi connectivity index (χ3v) is 8.54. The van der Waals surface area contributed by atoms with Crippen LogP contribution in [0.3, 0.4) is 0 Å². The lowest BCUT2D eigenvalue weighted by Crippen LogP contribution is -2.51. The molecule has 0 aliphatic carbocycles. The van der Waals surface area contributed by atoms with Crippen LogP contribution in [0.4, 0.5) is 10.1 Å². The number of amides is 2. The summed E-state index contributed by atoms with van der Waals surface area (Å²) in [7, 11) is -3.83. The highest BCUT2D eigenvalue weighted by molar-refractivity contribution is 7.92. The van der Waals surface area contributed by atoms with Gasteiger partial charge in [-0.05, 0) is 49.6 Å². The van der Waals surface area contributed by atoms with Crippen molar-refractivity contribution < 1.29 is 22.4 Å². The molecule has 1 heterocycles. The van der Waals surface area contributed by atoms with Crippen LogP contribution in [0.5, 0.6) is 0 Å². The van der Waals surface area contributed by atoms with Gasteiger partial charge in [0, 0.05) is 24.6 Å². The second-order valence-corrected chi connectivity index (χ2v) is 12.3. The summed E-state index contributed by atoms with van der Waals surface area (Å²) in [5, 5.41) is 2.44. The molecule has 4 N–H and O–H groups in total. The first-order valence-corrected chi connectivity index (χ1v) is 14.9. The van der Waals surface area contributed by atoms with E-state index in [-0.39, 0.29) is 35.4 Å². The Labute approximate surface area is 234 Å². The van der Waals surface area contributed by atoms with Crippen LogP contribution in [0.1, 0.15) is 52.0 Å². The quantitative estimate of drug-likeness (QED) is 0.325. The fourth-order valence-electron chi connectivity index (χ4n) is 4.96. The zero-order valence-electron chi connectivity index (χ0n) is 22.9. The highest BCUT2D eigenvalue weighted by Crippen LogP contribution is 2.35. The van der Waals surface area contributed by atoms with E-state index in [0.29, 0.717) is 13.1 Å². The molecule has 8 nitrogen and oxygen atoms in total. The number of carbonyl (C=O) groups excluding carboxylic acids is 2. The third kappa shape index (κ3) is 7.25. The van der Waals surface area contributed by atoms with E-state index in [1.165, 1.54) is 17.2 Å². The Kier molecular flexibility index (Phi) is 8.90. The van der Waals surface area contributed by atoms with E-state index >= 15 is 0 Å². The molecule has 1 saturated heterocycles. The van der Waals surface area contributed by atoms with Crippen molar-refractivity contribution in [1.29, 1.82) is 0 Å². The lowest BCUT2D eigenvalue weighted by atomic mass is 9.90. The van der Waals surface area contributed by atoms with Gasteiger partial charge in [-0.3, -0.25) is 19.2 Å². The van der Waals surface area contributed by atoms with E-state index in [1.807, 2.05) is 13.8 Å². The number of hydrogen-bond donors (Lipinski definition) is 3. The summed E-state index contributed by atoms with van der Waals surface area (Å²) in [6.45, 7) is 6.91. The molecular formula is C30H35FN4O4S. The first-order chi connectivity index (χ1) is 18.9. The molecule has 1 aliphatic rings. The monoisotopic (exact) mass is 566 g/mol. The predicted octanol–water partition coefficient (Wildman–Crippen LogP) is 3.90. The number of nitrogens with two attached hydrogens (primary N) is 1. The number of nitrogens with zero attached hydrogens (tertiary/aromatic N) is 1. The molecule has 10 heteroatoms. The Morgan fingerprint density at radius 2 is 1.52 bits per heavy atom. The molecule has 1 atom stereocenters. The van der Waals surface area contributed by atoms with Gasteiger partial charge >= 0.3 is 0 Å². The Bertz CT molecular complexity index is 1430. The van der Waals surface area contributed by atoms with Crippen molar-refractivity contribution in [2.24, 2.45) is 11.7 Å². The Morgan fingerprint density at radius 3 is 2.02 bits per heavy atom. The van der Waals surface area contributed by atoms with Crippen molar-refractivity contribution in [2.75, 3.05) is 23.6 Å². The number of primary amides is 1. The number of benzene rings is 3. The van der Waals surface area contributed by atoms with Gasteiger partial charge in [0.15, 0.2) is 0 Å². The van der Waals surface area contributed by atoms with Crippen molar-refractivity contribution in [3.63, 3.8) is 0 Å². The van der Waals surface area contributed by atoms with Crippen molar-refractivity contribution in [1.82, 2.24) is 10.2 Å². The molecule has 0 bridgehead atoms. The summed E-state index contributed by atoms with van der Waals surface area (Å²) in [5.74, 6) is -2.48. The number of aryl methyl sites for hydroxylation is 2. The molecule has 0 spiro atoms. The second-order valence-electron chi connectivity index (χ2n) is 10.5. The standard InChI is InChI=1S/C30H35FN4O4S/c1-4-27(29(32)36)33-30(37)24-13-25(31)15-26(14-24)34-40(38,39)18-21-16-35(17-21)28(22-9-5-19(2)6-10-22)23-11-7-20(3)8-12-23/h5-15,21,27-28,34H,4,16-18H2,1-3H3,(H2,32,36)(H,33,37). The number of sulfonamides is 1. The van der Waals surface area contributed by atoms with Gasteiger partial charge in [0.25, 0.3) is 5.91 Å². The molecule has 1 fully saturated rings. The van der Waals surface area contributed by atoms with E-state index < -0.39 is 33.7 Å². The predicted molar refractivity (Wildman–Crippen MR) is 154 cm³/mol. The van der Waals surface area contributed by atoms with Crippen LogP contribution in [0.15, 0.2) is 66.7 Å². The number of anilines is 1. The minimum Gasteiger partial charge on any atom is -0.368 e. The Hall–Kier alpha value is -3.76. The number of likely N-dealkylation sites (tertiary alicyclic amines) is 1. The van der Waals surface area contributed by atoms with Gasteiger partial charge in [-0.1, -0.05) is 66.6 Å². The summed E-state index contributed by atoms with van der Waals surface area (Å²) in [6, 6.07) is 19.0. The first-order valence-electron chi connectivity index (χ1n) is 13.2. The van der Waals surface area contributed by atoms with Crippen molar-refractivity contribution >= 4 is 27.5 Å².